The van der Waals surface area contributed by atoms with Gasteiger partial charge in [-0.3, -0.25) is 4.72 Å². The first kappa shape index (κ1) is 16.5. The van der Waals surface area contributed by atoms with Crippen LogP contribution in [0.25, 0.3) is 0 Å². The summed E-state index contributed by atoms with van der Waals surface area (Å²) in [4.78, 5) is -0.310. The van der Waals surface area contributed by atoms with Gasteiger partial charge in [0, 0.05) is 14.1 Å². The second kappa shape index (κ2) is 5.43. The van der Waals surface area contributed by atoms with E-state index in [0.717, 1.165) is 16.4 Å². The lowest BCUT2D eigenvalue weighted by Gasteiger charge is -2.16. The summed E-state index contributed by atoms with van der Waals surface area (Å²) in [6.07, 6.45) is 0. The van der Waals surface area contributed by atoms with Gasteiger partial charge in [-0.1, -0.05) is 23.2 Å². The van der Waals surface area contributed by atoms with Crippen molar-refractivity contribution in [3.63, 3.8) is 0 Å². The van der Waals surface area contributed by atoms with Crippen molar-refractivity contribution < 1.29 is 16.8 Å². The lowest BCUT2D eigenvalue weighted by atomic mass is 10.3. The second-order valence-electron chi connectivity index (χ2n) is 3.70. The summed E-state index contributed by atoms with van der Waals surface area (Å²) in [6, 6.07) is 2.02. The van der Waals surface area contributed by atoms with Gasteiger partial charge in [-0.05, 0) is 12.1 Å². The fourth-order valence-corrected chi connectivity index (χ4v) is 3.08. The maximum absolute atomic E-state index is 11.6. The smallest absolute Gasteiger partial charge is 0.268 e. The topological polar surface area (TPSA) is 110 Å². The number of rotatable bonds is 4. The quantitative estimate of drug-likeness (QED) is 0.841. The summed E-state index contributed by atoms with van der Waals surface area (Å²) in [6.45, 7) is 0. The van der Waals surface area contributed by atoms with Crippen LogP contribution in [0.15, 0.2) is 17.0 Å². The molecule has 11 heteroatoms. The van der Waals surface area contributed by atoms with E-state index in [-0.39, 0.29) is 20.6 Å². The Morgan fingerprint density at radius 3 is 1.84 bits per heavy atom. The molecule has 1 aromatic rings. The standard InChI is InChI=1S/C8H11Cl2N3O4S2/c1-13(2)19(16,17)12-8-6(9)3-5(4-7(8)10)18(11,14)15/h3-4,12H,1-2H3,(H2,11,14,15). The van der Waals surface area contributed by atoms with Crippen LogP contribution >= 0.6 is 23.2 Å². The molecule has 0 radical (unpaired) electrons. The third kappa shape index (κ3) is 3.94. The van der Waals surface area contributed by atoms with Crippen LogP contribution < -0.4 is 9.86 Å². The van der Waals surface area contributed by atoms with Gasteiger partial charge in [0.1, 0.15) is 0 Å². The van der Waals surface area contributed by atoms with E-state index in [1.165, 1.54) is 14.1 Å². The lowest BCUT2D eigenvalue weighted by Crippen LogP contribution is -2.29. The van der Waals surface area contributed by atoms with E-state index in [9.17, 15) is 16.8 Å². The van der Waals surface area contributed by atoms with Crippen molar-refractivity contribution in [2.75, 3.05) is 18.8 Å². The Kier molecular flexibility index (Phi) is 4.71. The highest BCUT2D eigenvalue weighted by molar-refractivity contribution is 7.90. The van der Waals surface area contributed by atoms with Crippen LogP contribution in [-0.2, 0) is 20.2 Å². The molecular weight excluding hydrogens is 337 g/mol. The number of benzene rings is 1. The molecule has 108 valence electrons. The fourth-order valence-electron chi connectivity index (χ4n) is 1.03. The van der Waals surface area contributed by atoms with E-state index < -0.39 is 20.2 Å². The molecule has 0 atom stereocenters. The number of hydrogen-bond acceptors (Lipinski definition) is 4. The highest BCUT2D eigenvalue weighted by Crippen LogP contribution is 2.33. The number of nitrogens with one attached hydrogen (secondary N) is 1. The predicted molar refractivity (Wildman–Crippen MR) is 74.1 cm³/mol. The van der Waals surface area contributed by atoms with Crippen molar-refractivity contribution in [1.29, 1.82) is 0 Å². The summed E-state index contributed by atoms with van der Waals surface area (Å²) in [5.41, 5.74) is -0.121. The minimum atomic E-state index is -3.98. The molecule has 0 spiro atoms. The lowest BCUT2D eigenvalue weighted by molar-refractivity contribution is 0.527. The fraction of sp³-hybridized carbons (Fsp3) is 0.250. The minimum Gasteiger partial charge on any atom is -0.268 e. The number of nitrogens with two attached hydrogens (primary N) is 1. The van der Waals surface area contributed by atoms with Crippen molar-refractivity contribution in [3.05, 3.63) is 22.2 Å². The van der Waals surface area contributed by atoms with Crippen LogP contribution in [0.4, 0.5) is 5.69 Å². The first-order valence-electron chi connectivity index (χ1n) is 4.67. The predicted octanol–water partition coefficient (Wildman–Crippen LogP) is 0.859. The normalized spacial score (nSPS) is 12.7. The number of primary sulfonamides is 1. The Morgan fingerprint density at radius 1 is 1.11 bits per heavy atom. The Labute approximate surface area is 121 Å². The van der Waals surface area contributed by atoms with Crippen molar-refractivity contribution in [3.8, 4) is 0 Å². The van der Waals surface area contributed by atoms with Crippen LogP contribution in [0.1, 0.15) is 0 Å². The largest absolute Gasteiger partial charge is 0.301 e. The molecular formula is C8H11Cl2N3O4S2. The number of anilines is 1. The maximum Gasteiger partial charge on any atom is 0.301 e. The summed E-state index contributed by atoms with van der Waals surface area (Å²) >= 11 is 11.6. The average molecular weight is 348 g/mol. The molecule has 0 aliphatic carbocycles. The van der Waals surface area contributed by atoms with Crippen LogP contribution in [0.5, 0.6) is 0 Å². The van der Waals surface area contributed by atoms with Crippen molar-refractivity contribution in [2.24, 2.45) is 5.14 Å². The van der Waals surface area contributed by atoms with Gasteiger partial charge >= 0.3 is 10.2 Å². The van der Waals surface area contributed by atoms with Crippen LogP contribution in [-0.4, -0.2) is 35.2 Å². The summed E-state index contributed by atoms with van der Waals surface area (Å²) in [7, 11) is -5.18. The molecule has 7 nitrogen and oxygen atoms in total. The van der Waals surface area contributed by atoms with E-state index in [2.05, 4.69) is 4.72 Å². The number of nitrogens with zero attached hydrogens (tertiary/aromatic N) is 1. The molecule has 1 aromatic carbocycles. The molecule has 0 aliphatic heterocycles. The molecule has 0 amide bonds. The first-order valence-corrected chi connectivity index (χ1v) is 8.41. The van der Waals surface area contributed by atoms with Crippen LogP contribution in [0, 0.1) is 0 Å². The first-order chi connectivity index (χ1) is 8.45. The number of sulfonamides is 1. The zero-order valence-electron chi connectivity index (χ0n) is 9.88. The highest BCUT2D eigenvalue weighted by atomic mass is 35.5. The van der Waals surface area contributed by atoms with Gasteiger partial charge in [-0.25, -0.2) is 13.6 Å². The van der Waals surface area contributed by atoms with E-state index >= 15 is 0 Å². The molecule has 3 N–H and O–H groups in total. The zero-order valence-corrected chi connectivity index (χ0v) is 13.0. The molecule has 0 aliphatic rings. The van der Waals surface area contributed by atoms with Gasteiger partial charge in [0.05, 0.1) is 20.6 Å². The van der Waals surface area contributed by atoms with Gasteiger partial charge in [0.25, 0.3) is 0 Å². The molecule has 1 rings (SSSR count). The Bertz CT molecular complexity index is 678. The van der Waals surface area contributed by atoms with Gasteiger partial charge < -0.3 is 0 Å². The summed E-state index contributed by atoms with van der Waals surface area (Å²) in [5, 5.41) is 4.57. The zero-order chi connectivity index (χ0) is 15.0. The van der Waals surface area contributed by atoms with Crippen molar-refractivity contribution in [2.45, 2.75) is 4.90 Å². The van der Waals surface area contributed by atoms with E-state index in [0.29, 0.717) is 0 Å². The third-order valence-electron chi connectivity index (χ3n) is 2.06. The number of halogens is 2. The van der Waals surface area contributed by atoms with Gasteiger partial charge in [0.15, 0.2) is 0 Å². The van der Waals surface area contributed by atoms with Gasteiger partial charge in [-0.15, -0.1) is 0 Å². The molecule has 0 saturated carbocycles. The monoisotopic (exact) mass is 347 g/mol. The van der Waals surface area contributed by atoms with Gasteiger partial charge in [-0.2, -0.15) is 12.7 Å². The van der Waals surface area contributed by atoms with Crippen molar-refractivity contribution >= 4 is 49.1 Å². The SMILES string of the molecule is CN(C)S(=O)(=O)Nc1c(Cl)cc(S(N)(=O)=O)cc1Cl. The van der Waals surface area contributed by atoms with Crippen LogP contribution in [0.2, 0.25) is 10.0 Å². The summed E-state index contributed by atoms with van der Waals surface area (Å²) in [5.74, 6) is 0. The van der Waals surface area contributed by atoms with Crippen molar-refractivity contribution in [1.82, 2.24) is 4.31 Å². The minimum absolute atomic E-state index is 0.121. The molecule has 0 bridgehead atoms. The average Bonchev–Trinajstić information content (AvgIpc) is 2.21. The molecule has 19 heavy (non-hydrogen) atoms. The Morgan fingerprint density at radius 2 is 1.53 bits per heavy atom. The number of hydrogen-bond donors (Lipinski definition) is 2. The molecule has 0 fully saturated rings. The Balaban J connectivity index is 3.35. The molecule has 0 unspecified atom stereocenters. The Hall–Kier alpha value is -0.580. The third-order valence-corrected chi connectivity index (χ3v) is 4.97. The van der Waals surface area contributed by atoms with Crippen LogP contribution in [0.3, 0.4) is 0 Å². The molecule has 0 aromatic heterocycles. The highest BCUT2D eigenvalue weighted by Gasteiger charge is 2.20. The van der Waals surface area contributed by atoms with Gasteiger partial charge in [0.2, 0.25) is 10.0 Å². The van der Waals surface area contributed by atoms with E-state index in [1.54, 1.807) is 0 Å². The van der Waals surface area contributed by atoms with E-state index in [1.807, 2.05) is 0 Å². The molecule has 0 saturated heterocycles. The molecule has 0 heterocycles. The second-order valence-corrected chi connectivity index (χ2v) is 7.96. The van der Waals surface area contributed by atoms with E-state index in [4.69, 9.17) is 28.3 Å². The maximum atomic E-state index is 11.6. The summed E-state index contributed by atoms with van der Waals surface area (Å²) < 4.78 is 48.6.